The monoisotopic (exact) mass is 630 g/mol. The summed E-state index contributed by atoms with van der Waals surface area (Å²) in [6.07, 6.45) is 4.34. The van der Waals surface area contributed by atoms with Crippen molar-refractivity contribution in [2.75, 3.05) is 18.4 Å². The predicted octanol–water partition coefficient (Wildman–Crippen LogP) is 5.03. The molecule has 1 atom stereocenters. The van der Waals surface area contributed by atoms with Crippen molar-refractivity contribution in [2.24, 2.45) is 17.2 Å². The first-order valence-electron chi connectivity index (χ1n) is 15.1. The van der Waals surface area contributed by atoms with Gasteiger partial charge in [0.15, 0.2) is 0 Å². The number of amides is 1. The molecule has 0 aliphatic rings. The number of anilines is 1. The average molecular weight is 631 g/mol. The summed E-state index contributed by atoms with van der Waals surface area (Å²) in [5.41, 5.74) is 19.1. The summed E-state index contributed by atoms with van der Waals surface area (Å²) in [7, 11) is 0. The van der Waals surface area contributed by atoms with Crippen LogP contribution in [-0.4, -0.2) is 53.5 Å². The second-order valence-electron chi connectivity index (χ2n) is 10.2. The van der Waals surface area contributed by atoms with Crippen LogP contribution in [0.15, 0.2) is 97.1 Å². The molecule has 0 aromatic heterocycles. The van der Waals surface area contributed by atoms with Crippen LogP contribution < -0.4 is 22.5 Å². The fourth-order valence-electron chi connectivity index (χ4n) is 3.89. The van der Waals surface area contributed by atoms with Crippen molar-refractivity contribution in [3.8, 4) is 0 Å². The zero-order valence-corrected chi connectivity index (χ0v) is 26.3. The Bertz CT molecular complexity index is 1460. The van der Waals surface area contributed by atoms with Crippen molar-refractivity contribution in [3.63, 3.8) is 0 Å². The van der Waals surface area contributed by atoms with E-state index in [-0.39, 0.29) is 12.3 Å². The lowest BCUT2D eigenvalue weighted by atomic mass is 10.1. The Morgan fingerprint density at radius 3 is 1.98 bits per heavy atom. The SMILES string of the molecule is CCCC(=O)Nc1ccc(C=O)cc1.NCCC[C@H](N)C(=O)O.NCCc1ccccc1.O=C(O)Cc1ccc2ccccc2c1. The molecule has 0 fully saturated rings. The van der Waals surface area contributed by atoms with Gasteiger partial charge >= 0.3 is 11.9 Å². The number of aldehydes is 1. The third-order valence-corrected chi connectivity index (χ3v) is 6.29. The number of rotatable bonds is 12. The number of carboxylic acid groups (broad SMARTS) is 2. The van der Waals surface area contributed by atoms with E-state index in [1.54, 1.807) is 24.3 Å². The maximum absolute atomic E-state index is 11.2. The number of carboxylic acids is 2. The summed E-state index contributed by atoms with van der Waals surface area (Å²) in [5.74, 6) is -1.74. The first-order valence-corrected chi connectivity index (χ1v) is 15.1. The normalized spacial score (nSPS) is 10.4. The Kier molecular flexibility index (Phi) is 20.0. The number of hydrogen-bond acceptors (Lipinski definition) is 7. The molecule has 4 rings (SSSR count). The Hall–Kier alpha value is -4.90. The highest BCUT2D eigenvalue weighted by Gasteiger charge is 2.08. The Labute approximate surface area is 270 Å². The third kappa shape index (κ3) is 17.4. The third-order valence-electron chi connectivity index (χ3n) is 6.29. The van der Waals surface area contributed by atoms with Crippen molar-refractivity contribution in [2.45, 2.75) is 51.5 Å². The van der Waals surface area contributed by atoms with Crippen molar-refractivity contribution in [1.29, 1.82) is 0 Å². The van der Waals surface area contributed by atoms with Gasteiger partial charge in [0.1, 0.15) is 12.3 Å². The molecule has 46 heavy (non-hydrogen) atoms. The van der Waals surface area contributed by atoms with E-state index < -0.39 is 18.0 Å². The lowest BCUT2D eigenvalue weighted by molar-refractivity contribution is -0.139. The highest BCUT2D eigenvalue weighted by Crippen LogP contribution is 2.15. The standard InChI is InChI=1S/C12H10O2.C11H13NO2.C8H11N.C5H12N2O2/c13-12(14)8-9-5-6-10-3-1-2-4-11(10)7-9;1-2-3-11(14)12-10-6-4-9(8-13)5-7-10;9-7-6-8-4-2-1-3-5-8;6-3-1-2-4(7)5(8)9/h1-7H,8H2,(H,13,14);4-8H,2-3H2,1H3,(H,12,14);1-5H,6-7,9H2;4H,1-3,6-7H2,(H,8,9)/t;;;4-/m...0/s1. The van der Waals surface area contributed by atoms with Crippen LogP contribution in [0.4, 0.5) is 5.69 Å². The fourth-order valence-corrected chi connectivity index (χ4v) is 3.89. The van der Waals surface area contributed by atoms with Crippen LogP contribution in [0.3, 0.4) is 0 Å². The lowest BCUT2D eigenvalue weighted by Crippen LogP contribution is -2.30. The van der Waals surface area contributed by atoms with Crippen molar-refractivity contribution in [3.05, 3.63) is 114 Å². The largest absolute Gasteiger partial charge is 0.481 e. The molecule has 0 radical (unpaired) electrons. The Morgan fingerprint density at radius 1 is 0.804 bits per heavy atom. The number of nitrogens with one attached hydrogen (secondary N) is 1. The molecule has 10 nitrogen and oxygen atoms in total. The molecular weight excluding hydrogens is 584 g/mol. The van der Waals surface area contributed by atoms with Gasteiger partial charge in [-0.1, -0.05) is 79.7 Å². The van der Waals surface area contributed by atoms with Crippen molar-refractivity contribution >= 4 is 40.6 Å². The quantitative estimate of drug-likeness (QED) is 0.116. The van der Waals surface area contributed by atoms with Gasteiger partial charge < -0.3 is 32.7 Å². The zero-order chi connectivity index (χ0) is 34.2. The first kappa shape index (κ1) is 39.1. The zero-order valence-electron chi connectivity index (χ0n) is 26.3. The number of carbonyl (C=O) groups is 4. The minimum Gasteiger partial charge on any atom is -0.481 e. The van der Waals surface area contributed by atoms with Crippen LogP contribution in [0.2, 0.25) is 0 Å². The summed E-state index contributed by atoms with van der Waals surface area (Å²) in [5, 5.41) is 21.9. The molecule has 0 unspecified atom stereocenters. The molecule has 10 heteroatoms. The van der Waals surface area contributed by atoms with Crippen LogP contribution in [-0.2, 0) is 27.2 Å². The number of nitrogens with two attached hydrogens (primary N) is 3. The van der Waals surface area contributed by atoms with Crippen LogP contribution in [0.25, 0.3) is 10.8 Å². The number of carbonyl (C=O) groups excluding carboxylic acids is 2. The van der Waals surface area contributed by atoms with Gasteiger partial charge in [0.2, 0.25) is 5.91 Å². The number of aliphatic carboxylic acids is 2. The van der Waals surface area contributed by atoms with Crippen molar-refractivity contribution in [1.82, 2.24) is 0 Å². The van der Waals surface area contributed by atoms with E-state index >= 15 is 0 Å². The maximum Gasteiger partial charge on any atom is 0.320 e. The van der Waals surface area contributed by atoms with Gasteiger partial charge in [-0.05, 0) is 84.9 Å². The summed E-state index contributed by atoms with van der Waals surface area (Å²) >= 11 is 0. The van der Waals surface area contributed by atoms with Gasteiger partial charge in [-0.2, -0.15) is 0 Å². The topological polar surface area (TPSA) is 199 Å². The molecule has 0 saturated heterocycles. The van der Waals surface area contributed by atoms with Crippen LogP contribution in [0, 0.1) is 0 Å². The van der Waals surface area contributed by atoms with Gasteiger partial charge in [-0.3, -0.25) is 19.2 Å². The molecule has 0 bridgehead atoms. The van der Waals surface area contributed by atoms with E-state index in [0.29, 0.717) is 31.4 Å². The summed E-state index contributed by atoms with van der Waals surface area (Å²) in [6.45, 7) is 3.19. The molecule has 0 saturated carbocycles. The second kappa shape index (κ2) is 23.5. The molecule has 1 amide bonds. The molecule has 0 aliphatic carbocycles. The Morgan fingerprint density at radius 2 is 1.43 bits per heavy atom. The minimum absolute atomic E-state index is 0.00588. The van der Waals surface area contributed by atoms with E-state index in [9.17, 15) is 19.2 Å². The molecular formula is C36H46N4O6. The van der Waals surface area contributed by atoms with E-state index in [4.69, 9.17) is 27.4 Å². The van der Waals surface area contributed by atoms with Crippen LogP contribution >= 0.6 is 0 Å². The molecule has 4 aromatic carbocycles. The van der Waals surface area contributed by atoms with Crippen LogP contribution in [0.5, 0.6) is 0 Å². The highest BCUT2D eigenvalue weighted by molar-refractivity contribution is 5.91. The molecule has 0 aliphatic heterocycles. The van der Waals surface area contributed by atoms with Crippen LogP contribution in [0.1, 0.15) is 54.1 Å². The van der Waals surface area contributed by atoms with E-state index in [1.165, 1.54) is 5.56 Å². The smallest absolute Gasteiger partial charge is 0.320 e. The minimum atomic E-state index is -0.955. The molecule has 246 valence electrons. The fraction of sp³-hybridized carbons (Fsp3) is 0.278. The molecule has 0 heterocycles. The van der Waals surface area contributed by atoms with Crippen molar-refractivity contribution < 1.29 is 29.4 Å². The van der Waals surface area contributed by atoms with Gasteiger partial charge in [0, 0.05) is 17.7 Å². The molecule has 4 aromatic rings. The second-order valence-corrected chi connectivity index (χ2v) is 10.2. The number of fused-ring (bicyclic) bond motifs is 1. The molecule has 0 spiro atoms. The first-order chi connectivity index (χ1) is 22.1. The summed E-state index contributed by atoms with van der Waals surface area (Å²) in [6, 6.07) is 30.0. The predicted molar refractivity (Wildman–Crippen MR) is 184 cm³/mol. The maximum atomic E-state index is 11.2. The van der Waals surface area contributed by atoms with E-state index in [1.807, 2.05) is 67.6 Å². The summed E-state index contributed by atoms with van der Waals surface area (Å²) in [4.78, 5) is 42.1. The van der Waals surface area contributed by atoms with E-state index in [2.05, 4.69) is 17.4 Å². The highest BCUT2D eigenvalue weighted by atomic mass is 16.4. The van der Waals surface area contributed by atoms with Gasteiger partial charge in [-0.15, -0.1) is 0 Å². The van der Waals surface area contributed by atoms with Gasteiger partial charge in [0.05, 0.1) is 6.42 Å². The van der Waals surface area contributed by atoms with Gasteiger partial charge in [0.25, 0.3) is 0 Å². The number of hydrogen-bond donors (Lipinski definition) is 6. The molecule has 9 N–H and O–H groups in total. The average Bonchev–Trinajstić information content (AvgIpc) is 3.05. The summed E-state index contributed by atoms with van der Waals surface area (Å²) < 4.78 is 0. The Balaban J connectivity index is 0.000000314. The number of benzene rings is 4. The van der Waals surface area contributed by atoms with Gasteiger partial charge in [-0.25, -0.2) is 0 Å². The van der Waals surface area contributed by atoms with E-state index in [0.717, 1.165) is 47.7 Å². The lowest BCUT2D eigenvalue weighted by Gasteiger charge is -2.03.